The van der Waals surface area contributed by atoms with Crippen LogP contribution in [0.1, 0.15) is 75.6 Å². The molecule has 0 amide bonds. The molecule has 4 fully saturated rings. The summed E-state index contributed by atoms with van der Waals surface area (Å²) < 4.78 is 15.7. The van der Waals surface area contributed by atoms with E-state index in [1.165, 1.54) is 30.5 Å². The first kappa shape index (κ1) is 37.6. The number of nitrogens with zero attached hydrogens (tertiary/aromatic N) is 7. The van der Waals surface area contributed by atoms with E-state index in [0.717, 1.165) is 108 Å². The molecule has 1 aromatic carbocycles. The molecule has 5 heterocycles. The van der Waals surface area contributed by atoms with Crippen molar-refractivity contribution in [2.45, 2.75) is 91.2 Å². The van der Waals surface area contributed by atoms with Gasteiger partial charge >= 0.3 is 0 Å². The summed E-state index contributed by atoms with van der Waals surface area (Å²) >= 11 is 1.63. The molecule has 4 bridgehead atoms. The van der Waals surface area contributed by atoms with E-state index in [1.807, 2.05) is 30.6 Å². The Bertz CT molecular complexity index is 2150. The molecular weight excluding hydrogens is 723 g/mol. The van der Waals surface area contributed by atoms with Crippen molar-refractivity contribution in [2.24, 2.45) is 16.2 Å². The molecule has 1 aliphatic heterocycles. The second-order valence-electron chi connectivity index (χ2n) is 17.8. The van der Waals surface area contributed by atoms with Crippen LogP contribution in [-0.4, -0.2) is 86.7 Å². The fourth-order valence-corrected chi connectivity index (χ4v) is 12.7. The monoisotopic (exact) mass is 777 g/mol. The minimum atomic E-state index is -0.0819. The van der Waals surface area contributed by atoms with Crippen molar-refractivity contribution in [3.63, 3.8) is 0 Å². The van der Waals surface area contributed by atoms with Crippen LogP contribution in [0, 0.1) is 30.1 Å². The Morgan fingerprint density at radius 3 is 2.52 bits per heavy atom. The summed E-state index contributed by atoms with van der Waals surface area (Å²) in [4.78, 5) is 11.9. The lowest BCUT2D eigenvalue weighted by atomic mass is 9.39. The van der Waals surface area contributed by atoms with Crippen molar-refractivity contribution in [1.29, 1.82) is 0 Å². The Hall–Kier alpha value is -4.01. The third-order valence-corrected chi connectivity index (χ3v) is 13.8. The Balaban J connectivity index is 0.885. The molecule has 4 aliphatic carbocycles. The van der Waals surface area contributed by atoms with E-state index in [1.54, 1.807) is 11.3 Å². The fourth-order valence-electron chi connectivity index (χ4n) is 11.8. The molecule has 10 rings (SSSR count). The number of benzene rings is 1. The number of pyridine rings is 1. The number of fused-ring (bicyclic) bond motifs is 2. The Labute approximate surface area is 333 Å². The van der Waals surface area contributed by atoms with E-state index in [0.29, 0.717) is 19.8 Å². The summed E-state index contributed by atoms with van der Waals surface area (Å²) in [6.45, 7) is 14.4. The number of ether oxygens (including phenoxy) is 2. The third-order valence-electron chi connectivity index (χ3n) is 12.8. The van der Waals surface area contributed by atoms with Crippen LogP contribution >= 0.6 is 11.3 Å². The lowest BCUT2D eigenvalue weighted by Gasteiger charge is -2.69. The smallest absolute Gasteiger partial charge is 0.189 e. The number of para-hydroxylation sites is 1. The molecule has 0 spiro atoms. The summed E-state index contributed by atoms with van der Waals surface area (Å²) in [7, 11) is 0. The van der Waals surface area contributed by atoms with E-state index < -0.39 is 0 Å². The minimum absolute atomic E-state index is 0.0628. The lowest BCUT2D eigenvalue weighted by Crippen LogP contribution is -2.64. The van der Waals surface area contributed by atoms with Crippen molar-refractivity contribution in [3.8, 4) is 11.1 Å². The van der Waals surface area contributed by atoms with Crippen molar-refractivity contribution < 1.29 is 14.6 Å². The van der Waals surface area contributed by atoms with E-state index in [-0.39, 0.29) is 28.5 Å². The zero-order valence-electron chi connectivity index (χ0n) is 33.2. The average Bonchev–Trinajstić information content (AvgIpc) is 3.74. The first-order valence-electron chi connectivity index (χ1n) is 20.4. The lowest BCUT2D eigenvalue weighted by molar-refractivity contribution is -0.247. The third kappa shape index (κ3) is 7.21. The first-order valence-corrected chi connectivity index (χ1v) is 21.2. The van der Waals surface area contributed by atoms with Gasteiger partial charge in [0.1, 0.15) is 5.82 Å². The summed E-state index contributed by atoms with van der Waals surface area (Å²) in [5.74, 6) is 2.52. The molecular formula is C43H55N9O3S. The Morgan fingerprint density at radius 1 is 0.911 bits per heavy atom. The number of hydrogen-bond donors (Lipinski definition) is 3. The fraction of sp³-hybridized carbons (Fsp3) is 0.558. The summed E-state index contributed by atoms with van der Waals surface area (Å²) in [5, 5.41) is 31.0. The molecule has 4 saturated carbocycles. The van der Waals surface area contributed by atoms with Gasteiger partial charge in [-0.1, -0.05) is 37.3 Å². The van der Waals surface area contributed by atoms with Gasteiger partial charge in [-0.3, -0.25) is 4.68 Å². The van der Waals surface area contributed by atoms with Crippen molar-refractivity contribution in [2.75, 3.05) is 56.3 Å². The van der Waals surface area contributed by atoms with Gasteiger partial charge in [0.05, 0.1) is 48.4 Å². The quantitative estimate of drug-likeness (QED) is 0.0912. The summed E-state index contributed by atoms with van der Waals surface area (Å²) in [6.07, 6.45) is 13.1. The second kappa shape index (κ2) is 14.7. The Kier molecular flexibility index (Phi) is 9.88. The largest absolute Gasteiger partial charge is 0.394 e. The van der Waals surface area contributed by atoms with E-state index in [2.05, 4.69) is 71.2 Å². The highest BCUT2D eigenvalue weighted by Crippen LogP contribution is 2.72. The van der Waals surface area contributed by atoms with Crippen molar-refractivity contribution in [1.82, 2.24) is 35.3 Å². The predicted octanol–water partition coefficient (Wildman–Crippen LogP) is 7.52. The van der Waals surface area contributed by atoms with Crippen molar-refractivity contribution in [3.05, 3.63) is 65.6 Å². The van der Waals surface area contributed by atoms with Gasteiger partial charge in [-0.05, 0) is 106 Å². The molecule has 13 heteroatoms. The molecule has 5 aromatic rings. The number of anilines is 4. The van der Waals surface area contributed by atoms with Crippen LogP contribution < -0.4 is 15.5 Å². The Morgan fingerprint density at radius 2 is 1.73 bits per heavy atom. The maximum Gasteiger partial charge on any atom is 0.189 e. The predicted molar refractivity (Wildman–Crippen MR) is 221 cm³/mol. The van der Waals surface area contributed by atoms with E-state index in [9.17, 15) is 0 Å². The van der Waals surface area contributed by atoms with E-state index >= 15 is 0 Å². The van der Waals surface area contributed by atoms with E-state index in [4.69, 9.17) is 34.7 Å². The van der Waals surface area contributed by atoms with Crippen LogP contribution in [0.25, 0.3) is 21.3 Å². The van der Waals surface area contributed by atoms with Crippen LogP contribution in [0.3, 0.4) is 0 Å². The van der Waals surface area contributed by atoms with Crippen LogP contribution in [0.15, 0.2) is 48.8 Å². The molecule has 4 aromatic heterocycles. The molecule has 2 unspecified atom stereocenters. The van der Waals surface area contributed by atoms with Crippen LogP contribution in [0.2, 0.25) is 0 Å². The van der Waals surface area contributed by atoms with Crippen LogP contribution in [-0.2, 0) is 22.4 Å². The maximum atomic E-state index is 8.93. The van der Waals surface area contributed by atoms with Crippen LogP contribution in [0.4, 0.5) is 22.6 Å². The number of aromatic nitrogens is 6. The van der Waals surface area contributed by atoms with Gasteiger partial charge in [0, 0.05) is 60.3 Å². The van der Waals surface area contributed by atoms with Gasteiger partial charge in [-0.25, -0.2) is 9.97 Å². The number of rotatable bonds is 15. The average molecular weight is 778 g/mol. The standard InChI is InChI=1S/C43H55N9O3S/c1-29-32-8-7-15-51(38(32)50-49-37(29)48-39-47-34-9-5-6-10-35(34)56-39)36-12-11-31(20-45-36)33-21-46-52(30(33)2)28-42-23-40(3)22-41(4,24-42)26-43(25-40,27-42)55-18-14-44-13-17-54-19-16-53/h5-6,9-12,20-21,44,53H,7-8,13-19,22-28H2,1-4H3,(H,47,48,49). The first-order chi connectivity index (χ1) is 27.1. The normalized spacial score (nSPS) is 26.6. The zero-order chi connectivity index (χ0) is 38.5. The number of thiazole rings is 1. The van der Waals surface area contributed by atoms with Gasteiger partial charge < -0.3 is 30.1 Å². The number of aliphatic hydroxyl groups is 1. The molecule has 3 N–H and O–H groups in total. The summed E-state index contributed by atoms with van der Waals surface area (Å²) in [5.41, 5.74) is 7.32. The van der Waals surface area contributed by atoms with Gasteiger partial charge in [0.25, 0.3) is 0 Å². The highest BCUT2D eigenvalue weighted by molar-refractivity contribution is 7.22. The number of aliphatic hydroxyl groups excluding tert-OH is 1. The topological polar surface area (TPSA) is 135 Å². The zero-order valence-corrected chi connectivity index (χ0v) is 34.1. The highest BCUT2D eigenvalue weighted by atomic mass is 32.1. The molecule has 0 radical (unpaired) electrons. The van der Waals surface area contributed by atoms with Gasteiger partial charge in [0.15, 0.2) is 16.8 Å². The number of hydrogen-bond acceptors (Lipinski definition) is 12. The molecule has 12 nitrogen and oxygen atoms in total. The maximum absolute atomic E-state index is 8.93. The van der Waals surface area contributed by atoms with Crippen LogP contribution in [0.5, 0.6) is 0 Å². The highest BCUT2D eigenvalue weighted by Gasteiger charge is 2.66. The van der Waals surface area contributed by atoms with Gasteiger partial charge in [0.2, 0.25) is 0 Å². The molecule has 5 aliphatic rings. The van der Waals surface area contributed by atoms with Gasteiger partial charge in [-0.15, -0.1) is 10.2 Å². The molecule has 56 heavy (non-hydrogen) atoms. The molecule has 0 saturated heterocycles. The van der Waals surface area contributed by atoms with Gasteiger partial charge in [-0.2, -0.15) is 5.10 Å². The van der Waals surface area contributed by atoms with Crippen molar-refractivity contribution >= 4 is 44.1 Å². The minimum Gasteiger partial charge on any atom is -0.394 e. The number of nitrogens with one attached hydrogen (secondary N) is 2. The summed E-state index contributed by atoms with van der Waals surface area (Å²) in [6, 6.07) is 12.5. The molecule has 296 valence electrons. The molecule has 2 atom stereocenters. The SMILES string of the molecule is Cc1c(Nc2nc3ccccc3s2)nnc2c1CCCN2c1ccc(-c2cnn(CC34CC5(C)CC(C)(C3)CC(OCCNCCOCCO)(C5)C4)c2C)cn1. The second-order valence-corrected chi connectivity index (χ2v) is 18.9.